The lowest BCUT2D eigenvalue weighted by atomic mass is 10.0. The van der Waals surface area contributed by atoms with Crippen molar-refractivity contribution in [3.63, 3.8) is 0 Å². The highest BCUT2D eigenvalue weighted by Gasteiger charge is 2.15. The number of hydrogen-bond acceptors (Lipinski definition) is 1. The Morgan fingerprint density at radius 1 is 1.28 bits per heavy atom. The van der Waals surface area contributed by atoms with E-state index in [0.29, 0.717) is 11.4 Å². The number of nitrogens with zero attached hydrogens (tertiary/aromatic N) is 1. The first-order chi connectivity index (χ1) is 8.58. The van der Waals surface area contributed by atoms with E-state index in [-0.39, 0.29) is 10.4 Å². The summed E-state index contributed by atoms with van der Waals surface area (Å²) in [6.45, 7) is 0. The molecule has 5 heteroatoms. The van der Waals surface area contributed by atoms with Crippen molar-refractivity contribution in [2.45, 2.75) is 11.2 Å². The van der Waals surface area contributed by atoms with Crippen LogP contribution in [0, 0.1) is 11.6 Å². The summed E-state index contributed by atoms with van der Waals surface area (Å²) in [5.41, 5.74) is 1.11. The van der Waals surface area contributed by atoms with Gasteiger partial charge in [0.25, 0.3) is 0 Å². The van der Waals surface area contributed by atoms with E-state index in [1.165, 1.54) is 12.3 Å². The average molecular weight is 333 g/mol. The molecule has 0 aliphatic heterocycles. The van der Waals surface area contributed by atoms with Crippen LogP contribution < -0.4 is 0 Å². The fraction of sp³-hybridized carbons (Fsp3) is 0.154. The van der Waals surface area contributed by atoms with Gasteiger partial charge in [-0.2, -0.15) is 0 Å². The van der Waals surface area contributed by atoms with Crippen LogP contribution in [0.15, 0.2) is 36.7 Å². The summed E-state index contributed by atoms with van der Waals surface area (Å²) < 4.78 is 26.7. The molecular formula is C13H9BrClF2N. The van der Waals surface area contributed by atoms with E-state index < -0.39 is 11.6 Å². The smallest absolute Gasteiger partial charge is 0.127 e. The highest BCUT2D eigenvalue weighted by Crippen LogP contribution is 2.31. The van der Waals surface area contributed by atoms with Crippen molar-refractivity contribution in [3.8, 4) is 0 Å². The van der Waals surface area contributed by atoms with Gasteiger partial charge in [-0.15, -0.1) is 0 Å². The van der Waals surface area contributed by atoms with Crippen LogP contribution >= 0.6 is 27.5 Å². The van der Waals surface area contributed by atoms with Gasteiger partial charge in [-0.25, -0.2) is 8.78 Å². The van der Waals surface area contributed by atoms with Gasteiger partial charge < -0.3 is 0 Å². The Balaban J connectivity index is 2.25. The standard InChI is InChI=1S/C13H9BrClF2N/c14-11(5-8-3-4-18-7-12(8)15)10-6-9(16)1-2-13(10)17/h1-4,6-7,11H,5H2. The lowest BCUT2D eigenvalue weighted by Gasteiger charge is -2.12. The van der Waals surface area contributed by atoms with Crippen molar-refractivity contribution >= 4 is 27.5 Å². The molecule has 0 radical (unpaired) electrons. The molecule has 1 aromatic heterocycles. The fourth-order valence-electron chi connectivity index (χ4n) is 1.63. The van der Waals surface area contributed by atoms with Crippen molar-refractivity contribution in [3.05, 3.63) is 64.4 Å². The van der Waals surface area contributed by atoms with E-state index in [9.17, 15) is 8.78 Å². The predicted octanol–water partition coefficient (Wildman–Crippen LogP) is 4.69. The van der Waals surface area contributed by atoms with Gasteiger partial charge in [0.1, 0.15) is 11.6 Å². The summed E-state index contributed by atoms with van der Waals surface area (Å²) in [6, 6.07) is 5.16. The third-order valence-electron chi connectivity index (χ3n) is 2.55. The zero-order valence-electron chi connectivity index (χ0n) is 9.21. The Hall–Kier alpha value is -1.00. The van der Waals surface area contributed by atoms with E-state index in [4.69, 9.17) is 11.6 Å². The summed E-state index contributed by atoms with van der Waals surface area (Å²) >= 11 is 9.33. The number of rotatable bonds is 3. The van der Waals surface area contributed by atoms with Crippen molar-refractivity contribution < 1.29 is 8.78 Å². The molecule has 0 saturated carbocycles. The average Bonchev–Trinajstić information content (AvgIpc) is 2.35. The topological polar surface area (TPSA) is 12.9 Å². The summed E-state index contributed by atoms with van der Waals surface area (Å²) in [5.74, 6) is -0.903. The van der Waals surface area contributed by atoms with Gasteiger partial charge in [0.2, 0.25) is 0 Å². The largest absolute Gasteiger partial charge is 0.263 e. The van der Waals surface area contributed by atoms with Gasteiger partial charge in [-0.05, 0) is 36.2 Å². The molecule has 2 aromatic rings. The quantitative estimate of drug-likeness (QED) is 0.743. The number of alkyl halides is 1. The van der Waals surface area contributed by atoms with Gasteiger partial charge in [0.15, 0.2) is 0 Å². The Bertz CT molecular complexity index is 562. The van der Waals surface area contributed by atoms with Crippen LogP contribution in [-0.4, -0.2) is 4.98 Å². The molecule has 0 bridgehead atoms. The maximum Gasteiger partial charge on any atom is 0.127 e. The van der Waals surface area contributed by atoms with Crippen LogP contribution in [0.25, 0.3) is 0 Å². The zero-order valence-corrected chi connectivity index (χ0v) is 11.5. The molecule has 0 aliphatic rings. The second-order valence-electron chi connectivity index (χ2n) is 3.80. The first kappa shape index (κ1) is 13.4. The van der Waals surface area contributed by atoms with Crippen LogP contribution in [0.4, 0.5) is 8.78 Å². The number of benzene rings is 1. The lowest BCUT2D eigenvalue weighted by Crippen LogP contribution is -2.00. The third-order valence-corrected chi connectivity index (χ3v) is 3.71. The second-order valence-corrected chi connectivity index (χ2v) is 5.32. The highest BCUT2D eigenvalue weighted by molar-refractivity contribution is 9.09. The van der Waals surface area contributed by atoms with Gasteiger partial charge in [-0.1, -0.05) is 27.5 Å². The van der Waals surface area contributed by atoms with E-state index in [2.05, 4.69) is 20.9 Å². The number of hydrogen-bond donors (Lipinski definition) is 0. The minimum absolute atomic E-state index is 0.280. The Morgan fingerprint density at radius 2 is 2.06 bits per heavy atom. The SMILES string of the molecule is Fc1ccc(F)c(C(Br)Cc2ccncc2Cl)c1. The molecule has 18 heavy (non-hydrogen) atoms. The normalized spacial score (nSPS) is 12.4. The molecule has 0 N–H and O–H groups in total. The van der Waals surface area contributed by atoms with Crippen molar-refractivity contribution in [2.24, 2.45) is 0 Å². The summed E-state index contributed by atoms with van der Waals surface area (Å²) in [5, 5.41) is 0.513. The highest BCUT2D eigenvalue weighted by atomic mass is 79.9. The first-order valence-corrected chi connectivity index (χ1v) is 6.54. The first-order valence-electron chi connectivity index (χ1n) is 5.25. The molecule has 2 rings (SSSR count). The molecule has 94 valence electrons. The fourth-order valence-corrected chi connectivity index (χ4v) is 2.52. The molecule has 1 unspecified atom stereocenters. The van der Waals surface area contributed by atoms with E-state index in [0.717, 1.165) is 17.7 Å². The molecule has 0 aliphatic carbocycles. The molecule has 0 fully saturated rings. The van der Waals surface area contributed by atoms with Crippen LogP contribution in [0.2, 0.25) is 5.02 Å². The van der Waals surface area contributed by atoms with Gasteiger partial charge in [0.05, 0.1) is 5.02 Å². The van der Waals surface area contributed by atoms with Crippen molar-refractivity contribution in [2.75, 3.05) is 0 Å². The molecule has 0 spiro atoms. The summed E-state index contributed by atoms with van der Waals surface area (Å²) in [6.07, 6.45) is 3.60. The molecule has 1 aromatic carbocycles. The Labute approximate surface area is 117 Å². The Kier molecular flexibility index (Phi) is 4.30. The maximum absolute atomic E-state index is 13.6. The maximum atomic E-state index is 13.6. The lowest BCUT2D eigenvalue weighted by molar-refractivity contribution is 0.583. The Morgan fingerprint density at radius 3 is 2.78 bits per heavy atom. The zero-order chi connectivity index (χ0) is 13.1. The number of halogens is 4. The third kappa shape index (κ3) is 3.06. The van der Waals surface area contributed by atoms with Gasteiger partial charge in [-0.3, -0.25) is 4.98 Å². The number of pyridine rings is 1. The molecule has 1 nitrogen and oxygen atoms in total. The molecule has 1 heterocycles. The van der Waals surface area contributed by atoms with Gasteiger partial charge in [0, 0.05) is 22.8 Å². The van der Waals surface area contributed by atoms with Crippen molar-refractivity contribution in [1.82, 2.24) is 4.98 Å². The van der Waals surface area contributed by atoms with Crippen LogP contribution in [-0.2, 0) is 6.42 Å². The van der Waals surface area contributed by atoms with E-state index >= 15 is 0 Å². The van der Waals surface area contributed by atoms with Gasteiger partial charge >= 0.3 is 0 Å². The van der Waals surface area contributed by atoms with Crippen LogP contribution in [0.3, 0.4) is 0 Å². The molecule has 0 saturated heterocycles. The predicted molar refractivity (Wildman–Crippen MR) is 71.0 cm³/mol. The second kappa shape index (κ2) is 5.76. The molecule has 1 atom stereocenters. The number of aromatic nitrogens is 1. The minimum atomic E-state index is -0.461. The minimum Gasteiger partial charge on any atom is -0.263 e. The summed E-state index contributed by atoms with van der Waals surface area (Å²) in [4.78, 5) is 3.54. The van der Waals surface area contributed by atoms with Crippen LogP contribution in [0.5, 0.6) is 0 Å². The summed E-state index contributed by atoms with van der Waals surface area (Å²) in [7, 11) is 0. The molecule has 0 amide bonds. The van der Waals surface area contributed by atoms with E-state index in [1.807, 2.05) is 0 Å². The van der Waals surface area contributed by atoms with Crippen molar-refractivity contribution in [1.29, 1.82) is 0 Å². The molecular weight excluding hydrogens is 324 g/mol. The van der Waals surface area contributed by atoms with Crippen LogP contribution in [0.1, 0.15) is 16.0 Å². The monoisotopic (exact) mass is 331 g/mol. The van der Waals surface area contributed by atoms with E-state index in [1.54, 1.807) is 12.3 Å².